The van der Waals surface area contributed by atoms with Gasteiger partial charge in [-0.2, -0.15) is 0 Å². The normalized spacial score (nSPS) is 15.8. The number of halogens is 1. The van der Waals surface area contributed by atoms with Gasteiger partial charge in [0.15, 0.2) is 0 Å². The van der Waals surface area contributed by atoms with Crippen LogP contribution in [0.1, 0.15) is 36.5 Å². The third-order valence-corrected chi connectivity index (χ3v) is 6.35. The zero-order valence-electron chi connectivity index (χ0n) is 16.4. The minimum absolute atomic E-state index is 0.0763. The van der Waals surface area contributed by atoms with Crippen LogP contribution in [0.15, 0.2) is 53.4 Å². The molecule has 0 radical (unpaired) electrons. The van der Waals surface area contributed by atoms with E-state index in [9.17, 15) is 17.6 Å². The van der Waals surface area contributed by atoms with Gasteiger partial charge >= 0.3 is 0 Å². The van der Waals surface area contributed by atoms with Crippen LogP contribution in [0.25, 0.3) is 0 Å². The third-order valence-electron chi connectivity index (χ3n) is 4.99. The second kappa shape index (κ2) is 9.37. The lowest BCUT2D eigenvalue weighted by atomic mass is 10.0. The summed E-state index contributed by atoms with van der Waals surface area (Å²) in [6.07, 6.45) is 2.86. The van der Waals surface area contributed by atoms with Crippen LogP contribution in [0.3, 0.4) is 0 Å². The van der Waals surface area contributed by atoms with Crippen molar-refractivity contribution in [2.75, 3.05) is 24.4 Å². The van der Waals surface area contributed by atoms with E-state index in [1.807, 2.05) is 0 Å². The van der Waals surface area contributed by atoms with Crippen LogP contribution >= 0.6 is 0 Å². The van der Waals surface area contributed by atoms with Gasteiger partial charge in [0, 0.05) is 24.7 Å². The minimum atomic E-state index is -4.02. The number of amides is 1. The average molecular weight is 420 g/mol. The van der Waals surface area contributed by atoms with Crippen molar-refractivity contribution in [1.29, 1.82) is 0 Å². The molecule has 1 fully saturated rings. The predicted molar refractivity (Wildman–Crippen MR) is 111 cm³/mol. The van der Waals surface area contributed by atoms with Gasteiger partial charge in [0.05, 0.1) is 10.6 Å². The smallest absolute Gasteiger partial charge is 0.262 e. The molecule has 0 bridgehead atoms. The van der Waals surface area contributed by atoms with E-state index in [1.54, 1.807) is 6.07 Å². The Kier molecular flexibility index (Phi) is 6.87. The molecule has 156 valence electrons. The molecule has 0 unspecified atom stereocenters. The van der Waals surface area contributed by atoms with Crippen LogP contribution in [-0.2, 0) is 10.0 Å². The molecule has 2 aromatic carbocycles. The first-order chi connectivity index (χ1) is 13.9. The van der Waals surface area contributed by atoms with E-state index >= 15 is 0 Å². The minimum Gasteiger partial charge on any atom is -0.349 e. The molecule has 2 aromatic rings. The molecular formula is C21H26FN3O3S. The van der Waals surface area contributed by atoms with E-state index in [2.05, 4.69) is 21.9 Å². The number of hydrogen-bond acceptors (Lipinski definition) is 4. The molecule has 2 N–H and O–H groups in total. The highest BCUT2D eigenvalue weighted by Gasteiger charge is 2.22. The topological polar surface area (TPSA) is 78.5 Å². The van der Waals surface area contributed by atoms with Gasteiger partial charge in [0.2, 0.25) is 0 Å². The van der Waals surface area contributed by atoms with E-state index in [0.29, 0.717) is 0 Å². The van der Waals surface area contributed by atoms with Gasteiger partial charge in [-0.05, 0) is 56.1 Å². The lowest BCUT2D eigenvalue weighted by Gasteiger charge is -2.32. The molecule has 0 spiro atoms. The molecule has 0 aromatic heterocycles. The van der Waals surface area contributed by atoms with Crippen LogP contribution in [0, 0.1) is 5.82 Å². The first kappa shape index (κ1) is 21.3. The summed E-state index contributed by atoms with van der Waals surface area (Å²) >= 11 is 0. The van der Waals surface area contributed by atoms with E-state index in [0.717, 1.165) is 38.9 Å². The first-order valence-electron chi connectivity index (χ1n) is 9.79. The molecule has 0 atom stereocenters. The Hall–Kier alpha value is -2.45. The fourth-order valence-corrected chi connectivity index (χ4v) is 4.55. The summed E-state index contributed by atoms with van der Waals surface area (Å²) in [6, 6.07) is 11.4. The highest BCUT2D eigenvalue weighted by Crippen LogP contribution is 2.20. The second-order valence-corrected chi connectivity index (χ2v) is 8.88. The van der Waals surface area contributed by atoms with Crippen molar-refractivity contribution in [3.63, 3.8) is 0 Å². The maximum Gasteiger partial charge on any atom is 0.262 e. The Morgan fingerprint density at radius 1 is 1.14 bits per heavy atom. The summed E-state index contributed by atoms with van der Waals surface area (Å²) in [6.45, 7) is 5.10. The fraction of sp³-hybridized carbons (Fsp3) is 0.381. The molecule has 0 aliphatic carbocycles. The van der Waals surface area contributed by atoms with Crippen LogP contribution < -0.4 is 10.0 Å². The maximum atomic E-state index is 13.8. The molecule has 8 heteroatoms. The molecule has 29 heavy (non-hydrogen) atoms. The highest BCUT2D eigenvalue weighted by molar-refractivity contribution is 7.92. The van der Waals surface area contributed by atoms with Gasteiger partial charge in [-0.3, -0.25) is 9.52 Å². The van der Waals surface area contributed by atoms with E-state index in [-0.39, 0.29) is 28.1 Å². The summed E-state index contributed by atoms with van der Waals surface area (Å²) in [5, 5.41) is 2.99. The largest absolute Gasteiger partial charge is 0.349 e. The van der Waals surface area contributed by atoms with Crippen molar-refractivity contribution >= 4 is 21.6 Å². The van der Waals surface area contributed by atoms with Gasteiger partial charge in [0.1, 0.15) is 5.82 Å². The molecule has 1 aliphatic rings. The van der Waals surface area contributed by atoms with Crippen molar-refractivity contribution < 1.29 is 17.6 Å². The molecule has 6 nitrogen and oxygen atoms in total. The molecule has 1 heterocycles. The third kappa shape index (κ3) is 5.55. The van der Waals surface area contributed by atoms with Crippen molar-refractivity contribution in [1.82, 2.24) is 10.2 Å². The molecule has 3 rings (SSSR count). The van der Waals surface area contributed by atoms with Gasteiger partial charge in [-0.15, -0.1) is 0 Å². The number of anilines is 1. The van der Waals surface area contributed by atoms with Crippen LogP contribution in [0.2, 0.25) is 0 Å². The number of nitrogens with one attached hydrogen (secondary N) is 2. The number of carbonyl (C=O) groups is 1. The fourth-order valence-electron chi connectivity index (χ4n) is 3.44. The van der Waals surface area contributed by atoms with Gasteiger partial charge in [-0.25, -0.2) is 12.8 Å². The Balaban J connectivity index is 1.67. The average Bonchev–Trinajstić information content (AvgIpc) is 2.71. The molecule has 1 saturated heterocycles. The number of carbonyl (C=O) groups excluding carboxylic acids is 1. The van der Waals surface area contributed by atoms with Gasteiger partial charge in [-0.1, -0.05) is 25.1 Å². The zero-order chi connectivity index (χ0) is 20.9. The first-order valence-corrected chi connectivity index (χ1v) is 11.3. The lowest BCUT2D eigenvalue weighted by molar-refractivity contribution is 0.0911. The number of benzene rings is 2. The Morgan fingerprint density at radius 2 is 1.86 bits per heavy atom. The SMILES string of the molecule is CCCN1CCC(NC(=O)c2cccc(S(=O)(=O)Nc3ccccc3F)c2)CC1. The Morgan fingerprint density at radius 3 is 2.55 bits per heavy atom. The van der Waals surface area contributed by atoms with Crippen molar-refractivity contribution in [3.8, 4) is 0 Å². The Bertz CT molecular complexity index is 957. The van der Waals surface area contributed by atoms with Crippen LogP contribution in [0.5, 0.6) is 0 Å². The quantitative estimate of drug-likeness (QED) is 0.722. The summed E-state index contributed by atoms with van der Waals surface area (Å²) in [4.78, 5) is 14.9. The molecule has 1 aliphatic heterocycles. The van der Waals surface area contributed by atoms with Crippen molar-refractivity contribution in [2.45, 2.75) is 37.1 Å². The van der Waals surface area contributed by atoms with E-state index < -0.39 is 15.8 Å². The van der Waals surface area contributed by atoms with E-state index in [1.165, 1.54) is 42.5 Å². The second-order valence-electron chi connectivity index (χ2n) is 7.20. The van der Waals surface area contributed by atoms with E-state index in [4.69, 9.17) is 0 Å². The summed E-state index contributed by atoms with van der Waals surface area (Å²) in [5.41, 5.74) is 0.124. The lowest BCUT2D eigenvalue weighted by Crippen LogP contribution is -2.44. The summed E-state index contributed by atoms with van der Waals surface area (Å²) in [5.74, 6) is -0.971. The zero-order valence-corrected chi connectivity index (χ0v) is 17.2. The molecular weight excluding hydrogens is 393 g/mol. The highest BCUT2D eigenvalue weighted by atomic mass is 32.2. The van der Waals surface area contributed by atoms with Crippen molar-refractivity contribution in [3.05, 3.63) is 59.9 Å². The maximum absolute atomic E-state index is 13.8. The molecule has 0 saturated carbocycles. The molecule has 1 amide bonds. The number of rotatable bonds is 7. The van der Waals surface area contributed by atoms with Crippen LogP contribution in [-0.4, -0.2) is 44.9 Å². The predicted octanol–water partition coefficient (Wildman–Crippen LogP) is 3.23. The number of nitrogens with zero attached hydrogens (tertiary/aromatic N) is 1. The number of sulfonamides is 1. The van der Waals surface area contributed by atoms with Crippen molar-refractivity contribution in [2.24, 2.45) is 0 Å². The monoisotopic (exact) mass is 419 g/mol. The Labute approximate surface area is 171 Å². The summed E-state index contributed by atoms with van der Waals surface area (Å²) in [7, 11) is -4.02. The number of likely N-dealkylation sites (tertiary alicyclic amines) is 1. The standard InChI is InChI=1S/C21H26FN3O3S/c1-2-12-25-13-10-17(11-14-25)23-21(26)16-6-5-7-18(15-16)29(27,28)24-20-9-4-3-8-19(20)22/h3-9,15,17,24H,2,10-14H2,1H3,(H,23,26). The van der Waals surface area contributed by atoms with Gasteiger partial charge < -0.3 is 10.2 Å². The number of piperidine rings is 1. The van der Waals surface area contributed by atoms with Gasteiger partial charge in [0.25, 0.3) is 15.9 Å². The van der Waals surface area contributed by atoms with Crippen LogP contribution in [0.4, 0.5) is 10.1 Å². The summed E-state index contributed by atoms with van der Waals surface area (Å²) < 4.78 is 41.2. The number of para-hydroxylation sites is 1. The number of hydrogen-bond donors (Lipinski definition) is 2.